The van der Waals surface area contributed by atoms with Gasteiger partial charge in [0.1, 0.15) is 11.3 Å². The van der Waals surface area contributed by atoms with Gasteiger partial charge in [-0.15, -0.1) is 0 Å². The van der Waals surface area contributed by atoms with Gasteiger partial charge in [0.25, 0.3) is 0 Å². The summed E-state index contributed by atoms with van der Waals surface area (Å²) in [6, 6.07) is 48.6. The molecule has 0 atom stereocenters. The maximum Gasteiger partial charge on any atom is 0.160 e. The minimum absolute atomic E-state index is 0.102. The number of para-hydroxylation sites is 1. The van der Waals surface area contributed by atoms with Gasteiger partial charge in [0, 0.05) is 45.4 Å². The third-order valence-corrected chi connectivity index (χ3v) is 9.64. The van der Waals surface area contributed by atoms with Gasteiger partial charge < -0.3 is 4.42 Å². The molecule has 228 valence electrons. The molecular weight excluding hydrogens is 587 g/mol. The molecule has 4 heteroatoms. The summed E-state index contributed by atoms with van der Waals surface area (Å²) < 4.78 is 6.15. The minimum atomic E-state index is -0.102. The standard InChI is InChI=1S/C44H31N3O/c1-44(2)36-13-5-4-11-34(36)42-35(12-7-14-37(42)44)39-26-38(29-18-20-30(21-19-29)41-25-32-9-3-6-15-40(32)48-41)46-43(47-39)31-22-16-28(17-23-31)33-10-8-24-45-27-33/h3-27H,1-2H3. The fraction of sp³-hybridized carbons (Fsp3) is 0.0682. The van der Waals surface area contributed by atoms with E-state index >= 15 is 0 Å². The van der Waals surface area contributed by atoms with Crippen molar-refractivity contribution >= 4 is 11.0 Å². The van der Waals surface area contributed by atoms with Gasteiger partial charge >= 0.3 is 0 Å². The van der Waals surface area contributed by atoms with Crippen molar-refractivity contribution in [3.63, 3.8) is 0 Å². The van der Waals surface area contributed by atoms with Crippen molar-refractivity contribution < 1.29 is 4.42 Å². The summed E-state index contributed by atoms with van der Waals surface area (Å²) in [4.78, 5) is 14.7. The molecule has 0 radical (unpaired) electrons. The van der Waals surface area contributed by atoms with Crippen LogP contribution in [0.1, 0.15) is 25.0 Å². The van der Waals surface area contributed by atoms with Crippen LogP contribution in [0.3, 0.4) is 0 Å². The zero-order chi connectivity index (χ0) is 32.2. The Morgan fingerprint density at radius 3 is 2.02 bits per heavy atom. The number of hydrogen-bond acceptors (Lipinski definition) is 4. The van der Waals surface area contributed by atoms with Gasteiger partial charge in [-0.2, -0.15) is 0 Å². The number of pyridine rings is 1. The van der Waals surface area contributed by atoms with E-state index in [9.17, 15) is 0 Å². The highest BCUT2D eigenvalue weighted by molar-refractivity contribution is 5.92. The van der Waals surface area contributed by atoms with Gasteiger partial charge in [-0.1, -0.05) is 129 Å². The van der Waals surface area contributed by atoms with Crippen molar-refractivity contribution in [1.82, 2.24) is 15.0 Å². The molecule has 3 aromatic heterocycles. The van der Waals surface area contributed by atoms with Crippen LogP contribution in [0.25, 0.3) is 78.4 Å². The summed E-state index contributed by atoms with van der Waals surface area (Å²) in [7, 11) is 0. The number of aromatic nitrogens is 3. The van der Waals surface area contributed by atoms with Gasteiger partial charge in [-0.05, 0) is 57.6 Å². The first-order valence-corrected chi connectivity index (χ1v) is 16.3. The molecule has 0 bridgehead atoms. The smallest absolute Gasteiger partial charge is 0.160 e. The SMILES string of the molecule is CC1(C)c2ccccc2-c2c(-c3cc(-c4ccc(-c5cc6ccccc6o5)cc4)nc(-c4ccc(-c5cccnc5)cc4)n3)cccc21. The number of rotatable bonds is 5. The summed E-state index contributed by atoms with van der Waals surface area (Å²) in [5.74, 6) is 1.53. The summed E-state index contributed by atoms with van der Waals surface area (Å²) in [5.41, 5.74) is 14.0. The van der Waals surface area contributed by atoms with Crippen LogP contribution < -0.4 is 0 Å². The summed E-state index contributed by atoms with van der Waals surface area (Å²) in [6.45, 7) is 4.62. The van der Waals surface area contributed by atoms with Crippen molar-refractivity contribution in [1.29, 1.82) is 0 Å². The number of furan rings is 1. The van der Waals surface area contributed by atoms with Crippen LogP contribution in [-0.2, 0) is 5.41 Å². The van der Waals surface area contributed by atoms with Crippen molar-refractivity contribution in [3.05, 3.63) is 163 Å². The molecule has 0 amide bonds. The number of fused-ring (bicyclic) bond motifs is 4. The lowest BCUT2D eigenvalue weighted by Crippen LogP contribution is -2.14. The number of benzene rings is 5. The van der Waals surface area contributed by atoms with Crippen molar-refractivity contribution in [2.24, 2.45) is 0 Å². The Labute approximate surface area is 279 Å². The van der Waals surface area contributed by atoms with Gasteiger partial charge in [-0.25, -0.2) is 9.97 Å². The number of nitrogens with zero attached hydrogens (tertiary/aromatic N) is 3. The maximum atomic E-state index is 6.15. The molecule has 3 heterocycles. The van der Waals surface area contributed by atoms with Crippen LogP contribution >= 0.6 is 0 Å². The first-order valence-electron chi connectivity index (χ1n) is 16.3. The predicted molar refractivity (Wildman–Crippen MR) is 194 cm³/mol. The Morgan fingerprint density at radius 1 is 0.521 bits per heavy atom. The largest absolute Gasteiger partial charge is 0.456 e. The maximum absolute atomic E-state index is 6.15. The van der Waals surface area contributed by atoms with Crippen LogP contribution in [-0.4, -0.2) is 15.0 Å². The predicted octanol–water partition coefficient (Wildman–Crippen LogP) is 11.3. The molecule has 5 aromatic carbocycles. The quantitative estimate of drug-likeness (QED) is 0.193. The highest BCUT2D eigenvalue weighted by Gasteiger charge is 2.36. The zero-order valence-corrected chi connectivity index (χ0v) is 26.7. The molecule has 0 unspecified atom stereocenters. The van der Waals surface area contributed by atoms with Crippen LogP contribution in [0.5, 0.6) is 0 Å². The van der Waals surface area contributed by atoms with Crippen molar-refractivity contribution in [3.8, 4) is 67.5 Å². The molecule has 0 spiro atoms. The molecule has 8 aromatic rings. The van der Waals surface area contributed by atoms with Gasteiger partial charge in [-0.3, -0.25) is 4.98 Å². The van der Waals surface area contributed by atoms with Crippen LogP contribution in [0.4, 0.5) is 0 Å². The van der Waals surface area contributed by atoms with E-state index in [0.717, 1.165) is 61.5 Å². The molecule has 0 saturated heterocycles. The van der Waals surface area contributed by atoms with E-state index in [1.807, 2.05) is 30.5 Å². The molecule has 48 heavy (non-hydrogen) atoms. The van der Waals surface area contributed by atoms with Crippen LogP contribution in [0, 0.1) is 0 Å². The van der Waals surface area contributed by atoms with E-state index in [0.29, 0.717) is 5.82 Å². The van der Waals surface area contributed by atoms with Gasteiger partial charge in [0.05, 0.1) is 11.4 Å². The first-order chi connectivity index (χ1) is 23.5. The van der Waals surface area contributed by atoms with E-state index in [4.69, 9.17) is 14.4 Å². The topological polar surface area (TPSA) is 51.8 Å². The highest BCUT2D eigenvalue weighted by atomic mass is 16.3. The second-order valence-corrected chi connectivity index (χ2v) is 12.9. The molecule has 1 aliphatic rings. The summed E-state index contributed by atoms with van der Waals surface area (Å²) in [6.07, 6.45) is 3.68. The molecule has 0 fully saturated rings. The zero-order valence-electron chi connectivity index (χ0n) is 26.7. The summed E-state index contributed by atoms with van der Waals surface area (Å²) in [5, 5.41) is 1.09. The summed E-state index contributed by atoms with van der Waals surface area (Å²) >= 11 is 0. The van der Waals surface area contributed by atoms with Crippen molar-refractivity contribution in [2.75, 3.05) is 0 Å². The van der Waals surface area contributed by atoms with Crippen LogP contribution in [0.15, 0.2) is 156 Å². The monoisotopic (exact) mass is 617 g/mol. The van der Waals surface area contributed by atoms with E-state index in [-0.39, 0.29) is 5.41 Å². The highest BCUT2D eigenvalue weighted by Crippen LogP contribution is 2.52. The lowest BCUT2D eigenvalue weighted by Gasteiger charge is -2.21. The Bertz CT molecular complexity index is 2430. The van der Waals surface area contributed by atoms with Gasteiger partial charge in [0.2, 0.25) is 0 Å². The fourth-order valence-corrected chi connectivity index (χ4v) is 7.10. The molecule has 4 nitrogen and oxygen atoms in total. The normalized spacial score (nSPS) is 13.0. The van der Waals surface area contributed by atoms with E-state index in [1.54, 1.807) is 6.20 Å². The Balaban J connectivity index is 1.19. The Hall–Kier alpha value is -6.13. The minimum Gasteiger partial charge on any atom is -0.456 e. The average Bonchev–Trinajstić information content (AvgIpc) is 3.69. The molecule has 0 saturated carbocycles. The molecule has 1 aliphatic carbocycles. The molecule has 9 rings (SSSR count). The third-order valence-electron chi connectivity index (χ3n) is 9.64. The van der Waals surface area contributed by atoms with E-state index < -0.39 is 0 Å². The fourth-order valence-electron chi connectivity index (χ4n) is 7.10. The second-order valence-electron chi connectivity index (χ2n) is 12.9. The molecular formula is C44H31N3O. The third kappa shape index (κ3) is 4.65. The van der Waals surface area contributed by atoms with E-state index in [2.05, 4.69) is 134 Å². The lowest BCUT2D eigenvalue weighted by molar-refractivity contribution is 0.631. The van der Waals surface area contributed by atoms with Crippen LogP contribution in [0.2, 0.25) is 0 Å². The van der Waals surface area contributed by atoms with Crippen molar-refractivity contribution in [2.45, 2.75) is 19.3 Å². The molecule has 0 N–H and O–H groups in total. The van der Waals surface area contributed by atoms with E-state index in [1.165, 1.54) is 22.3 Å². The number of hydrogen-bond donors (Lipinski definition) is 0. The lowest BCUT2D eigenvalue weighted by atomic mass is 9.82. The Kier molecular flexibility index (Phi) is 6.44. The second kappa shape index (κ2) is 11.0. The Morgan fingerprint density at radius 2 is 1.21 bits per heavy atom. The molecule has 0 aliphatic heterocycles. The van der Waals surface area contributed by atoms with Gasteiger partial charge in [0.15, 0.2) is 5.82 Å². The first kappa shape index (κ1) is 28.1. The average molecular weight is 618 g/mol.